The lowest BCUT2D eigenvalue weighted by Gasteiger charge is -2.14. The zero-order valence-electron chi connectivity index (χ0n) is 16.0. The third-order valence-electron chi connectivity index (χ3n) is 4.20. The number of aromatic amines is 2. The summed E-state index contributed by atoms with van der Waals surface area (Å²) in [5.41, 5.74) is -0.201. The van der Waals surface area contributed by atoms with Crippen LogP contribution >= 0.6 is 0 Å². The van der Waals surface area contributed by atoms with Gasteiger partial charge in [-0.3, -0.25) is 19.1 Å². The quantitative estimate of drug-likeness (QED) is 0.556. The van der Waals surface area contributed by atoms with Gasteiger partial charge in [0.25, 0.3) is 5.56 Å². The predicted molar refractivity (Wildman–Crippen MR) is 102 cm³/mol. The number of hydrogen-bond donors (Lipinski definition) is 3. The maximum absolute atomic E-state index is 12.4. The molecule has 0 aliphatic carbocycles. The zero-order valence-corrected chi connectivity index (χ0v) is 16.0. The number of rotatable bonds is 6. The molecule has 30 heavy (non-hydrogen) atoms. The lowest BCUT2D eigenvalue weighted by Crippen LogP contribution is -2.28. The van der Waals surface area contributed by atoms with Crippen molar-refractivity contribution in [3.05, 3.63) is 50.4 Å². The molecule has 9 nitrogen and oxygen atoms in total. The number of nitrogens with zero attached hydrogens (tertiary/aromatic N) is 2. The highest BCUT2D eigenvalue weighted by Crippen LogP contribution is 2.28. The molecule has 12 heteroatoms. The first-order valence-electron chi connectivity index (χ1n) is 8.81. The Labute approximate surface area is 166 Å². The van der Waals surface area contributed by atoms with E-state index < -0.39 is 29.9 Å². The zero-order chi connectivity index (χ0) is 22.1. The Morgan fingerprint density at radius 1 is 1.27 bits per heavy atom. The summed E-state index contributed by atoms with van der Waals surface area (Å²) in [5, 5.41) is 2.51. The Kier molecular flexibility index (Phi) is 5.67. The molecule has 3 aromatic rings. The van der Waals surface area contributed by atoms with Crippen molar-refractivity contribution in [2.75, 3.05) is 11.9 Å². The van der Waals surface area contributed by atoms with Gasteiger partial charge in [0.15, 0.2) is 12.3 Å². The van der Waals surface area contributed by atoms with E-state index in [1.165, 1.54) is 19.2 Å². The molecule has 0 fully saturated rings. The summed E-state index contributed by atoms with van der Waals surface area (Å²) in [5.74, 6) is -0.269. The molecule has 0 atom stereocenters. The molecule has 0 aliphatic heterocycles. The van der Waals surface area contributed by atoms with E-state index in [0.717, 1.165) is 4.57 Å². The van der Waals surface area contributed by atoms with Crippen molar-refractivity contribution in [1.82, 2.24) is 19.5 Å². The average Bonchev–Trinajstić information content (AvgIpc) is 3.09. The number of H-pyrrole nitrogens is 2. The summed E-state index contributed by atoms with van der Waals surface area (Å²) in [4.78, 5) is 44.8. The first-order valence-corrected chi connectivity index (χ1v) is 8.81. The number of ether oxygens (including phenoxy) is 1. The Morgan fingerprint density at radius 3 is 2.70 bits per heavy atom. The van der Waals surface area contributed by atoms with Crippen molar-refractivity contribution in [1.29, 1.82) is 0 Å². The summed E-state index contributed by atoms with van der Waals surface area (Å²) in [7, 11) is 1.44. The number of carbonyl (C=O) groups is 1. The van der Waals surface area contributed by atoms with Crippen LogP contribution in [0.4, 0.5) is 18.9 Å². The number of amides is 1. The second-order valence-electron chi connectivity index (χ2n) is 6.65. The second-order valence-corrected chi connectivity index (χ2v) is 6.65. The topological polar surface area (TPSA) is 122 Å². The van der Waals surface area contributed by atoms with Gasteiger partial charge in [-0.15, -0.1) is 0 Å². The number of fused-ring (bicyclic) bond motifs is 1. The molecule has 0 saturated carbocycles. The van der Waals surface area contributed by atoms with E-state index in [1.807, 2.05) is 0 Å². The lowest BCUT2D eigenvalue weighted by molar-refractivity contribution is -0.153. The molecule has 0 unspecified atom stereocenters. The third-order valence-corrected chi connectivity index (χ3v) is 4.20. The van der Waals surface area contributed by atoms with E-state index >= 15 is 0 Å². The van der Waals surface area contributed by atoms with E-state index in [4.69, 9.17) is 4.74 Å². The Balaban J connectivity index is 1.70. The molecule has 0 aliphatic rings. The van der Waals surface area contributed by atoms with Crippen molar-refractivity contribution >= 4 is 22.8 Å². The monoisotopic (exact) mass is 425 g/mol. The number of imidazole rings is 1. The fourth-order valence-electron chi connectivity index (χ4n) is 2.73. The summed E-state index contributed by atoms with van der Waals surface area (Å²) in [6.45, 7) is 0.203. The Hall–Kier alpha value is -3.57. The van der Waals surface area contributed by atoms with Gasteiger partial charge in [-0.25, -0.2) is 9.78 Å². The van der Waals surface area contributed by atoms with Gasteiger partial charge in [-0.1, -0.05) is 6.07 Å². The SMILES string of the molecule is Cc1ccc(NC(=O)CCc2nc3c([nH]2)c(=O)[nH]c(=O)n3C)c(OCC(F)(F)F)c1. The molecule has 0 radical (unpaired) electrons. The molecule has 0 spiro atoms. The van der Waals surface area contributed by atoms with Gasteiger partial charge in [0, 0.05) is 19.9 Å². The van der Waals surface area contributed by atoms with Crippen LogP contribution in [0.15, 0.2) is 27.8 Å². The normalized spacial score (nSPS) is 11.6. The van der Waals surface area contributed by atoms with E-state index in [9.17, 15) is 27.6 Å². The number of nitrogens with one attached hydrogen (secondary N) is 3. The number of benzene rings is 1. The maximum Gasteiger partial charge on any atom is 0.422 e. The Morgan fingerprint density at radius 2 is 2.00 bits per heavy atom. The molecule has 1 amide bonds. The minimum atomic E-state index is -4.51. The smallest absolute Gasteiger partial charge is 0.422 e. The number of carbonyl (C=O) groups excluding carboxylic acids is 1. The van der Waals surface area contributed by atoms with Crippen LogP contribution in [-0.2, 0) is 18.3 Å². The first-order chi connectivity index (χ1) is 14.0. The first kappa shape index (κ1) is 21.1. The molecule has 2 heterocycles. The van der Waals surface area contributed by atoms with Crippen LogP contribution in [0.5, 0.6) is 5.75 Å². The standard InChI is InChI=1S/C18H18F3N5O4/c1-9-3-4-10(11(7-9)30-8-18(19,20)21)22-13(27)6-5-12-23-14-15(24-12)26(2)17(29)25-16(14)28/h3-4,7H,5-6,8H2,1-2H3,(H,22,27)(H,23,24)(H,25,28,29). The van der Waals surface area contributed by atoms with E-state index in [2.05, 4.69) is 20.3 Å². The highest BCUT2D eigenvalue weighted by molar-refractivity contribution is 5.92. The van der Waals surface area contributed by atoms with E-state index in [1.54, 1.807) is 13.0 Å². The molecule has 3 rings (SSSR count). The molecule has 1 aromatic carbocycles. The van der Waals surface area contributed by atoms with Crippen LogP contribution < -0.4 is 21.3 Å². The molecule has 0 bridgehead atoms. The van der Waals surface area contributed by atoms with Crippen molar-refractivity contribution < 1.29 is 22.7 Å². The molecule has 0 saturated heterocycles. The highest BCUT2D eigenvalue weighted by Gasteiger charge is 2.29. The fraction of sp³-hybridized carbons (Fsp3) is 0.333. The van der Waals surface area contributed by atoms with E-state index in [-0.39, 0.29) is 35.4 Å². The lowest BCUT2D eigenvalue weighted by atomic mass is 10.2. The second kappa shape index (κ2) is 8.05. The van der Waals surface area contributed by atoms with Gasteiger partial charge < -0.3 is 15.0 Å². The summed E-state index contributed by atoms with van der Waals surface area (Å²) in [6.07, 6.45) is -4.47. The minimum absolute atomic E-state index is 0.0712. The van der Waals surface area contributed by atoms with Crippen LogP contribution in [0.1, 0.15) is 17.8 Å². The largest absolute Gasteiger partial charge is 0.482 e. The average molecular weight is 425 g/mol. The number of anilines is 1. The van der Waals surface area contributed by atoms with Crippen LogP contribution in [0.2, 0.25) is 0 Å². The third kappa shape index (κ3) is 4.88. The van der Waals surface area contributed by atoms with Crippen LogP contribution in [0.25, 0.3) is 11.2 Å². The van der Waals surface area contributed by atoms with Crippen molar-refractivity contribution in [3.63, 3.8) is 0 Å². The van der Waals surface area contributed by atoms with Gasteiger partial charge in [0.2, 0.25) is 5.91 Å². The summed E-state index contributed by atoms with van der Waals surface area (Å²) in [6, 6.07) is 4.48. The fourth-order valence-corrected chi connectivity index (χ4v) is 2.73. The van der Waals surface area contributed by atoms with Crippen molar-refractivity contribution in [3.8, 4) is 5.75 Å². The molecule has 160 valence electrons. The molecular weight excluding hydrogens is 407 g/mol. The Bertz CT molecular complexity index is 1210. The number of aryl methyl sites for hydroxylation is 3. The minimum Gasteiger partial charge on any atom is -0.482 e. The maximum atomic E-state index is 12.4. The van der Waals surface area contributed by atoms with Crippen LogP contribution in [-0.4, -0.2) is 38.2 Å². The highest BCUT2D eigenvalue weighted by atomic mass is 19.4. The summed E-state index contributed by atoms with van der Waals surface area (Å²) < 4.78 is 43.3. The molecular formula is C18H18F3N5O4. The number of halogens is 3. The molecule has 2 aromatic heterocycles. The van der Waals surface area contributed by atoms with Gasteiger partial charge in [-0.05, 0) is 24.6 Å². The van der Waals surface area contributed by atoms with Gasteiger partial charge in [-0.2, -0.15) is 13.2 Å². The number of alkyl halides is 3. The van der Waals surface area contributed by atoms with Gasteiger partial charge >= 0.3 is 11.9 Å². The summed E-state index contributed by atoms with van der Waals surface area (Å²) >= 11 is 0. The van der Waals surface area contributed by atoms with E-state index in [0.29, 0.717) is 11.4 Å². The van der Waals surface area contributed by atoms with Crippen LogP contribution in [0.3, 0.4) is 0 Å². The number of hydrogen-bond acceptors (Lipinski definition) is 5. The van der Waals surface area contributed by atoms with Crippen molar-refractivity contribution in [2.45, 2.75) is 25.9 Å². The molecule has 3 N–H and O–H groups in total. The van der Waals surface area contributed by atoms with Crippen LogP contribution in [0, 0.1) is 6.92 Å². The van der Waals surface area contributed by atoms with Crippen molar-refractivity contribution in [2.24, 2.45) is 7.05 Å². The predicted octanol–water partition coefficient (Wildman–Crippen LogP) is 1.77. The van der Waals surface area contributed by atoms with Gasteiger partial charge in [0.1, 0.15) is 17.1 Å². The van der Waals surface area contributed by atoms with Gasteiger partial charge in [0.05, 0.1) is 5.69 Å². The number of aromatic nitrogens is 4.